The lowest BCUT2D eigenvalue weighted by Crippen LogP contribution is -2.38. The number of nitrogens with one attached hydrogen (secondary N) is 3. The van der Waals surface area contributed by atoms with Crippen molar-refractivity contribution in [2.24, 2.45) is 4.99 Å². The Morgan fingerprint density at radius 3 is 2.63 bits per heavy atom. The number of amides is 1. The van der Waals surface area contributed by atoms with Gasteiger partial charge in [0, 0.05) is 25.6 Å². The highest BCUT2D eigenvalue weighted by Gasteiger charge is 2.06. The minimum absolute atomic E-state index is 0. The molecular weight excluding hydrogens is 455 g/mol. The molecule has 0 bridgehead atoms. The van der Waals surface area contributed by atoms with Crippen LogP contribution in [0.2, 0.25) is 0 Å². The van der Waals surface area contributed by atoms with E-state index >= 15 is 0 Å². The molecule has 0 fully saturated rings. The number of carbonyl (C=O) groups excluding carboxylic acids is 1. The summed E-state index contributed by atoms with van der Waals surface area (Å²) in [7, 11) is 1.69. The van der Waals surface area contributed by atoms with Crippen LogP contribution in [0.3, 0.4) is 0 Å². The molecule has 27 heavy (non-hydrogen) atoms. The minimum atomic E-state index is 0. The number of methoxy groups -OCH3 is 1. The molecule has 0 aromatic heterocycles. The first-order chi connectivity index (χ1) is 12.5. The van der Waals surface area contributed by atoms with Crippen molar-refractivity contribution in [2.45, 2.75) is 53.0 Å². The molecule has 0 aliphatic heterocycles. The lowest BCUT2D eigenvalue weighted by molar-refractivity contribution is -0.121. The van der Waals surface area contributed by atoms with E-state index in [0.29, 0.717) is 13.0 Å². The monoisotopic (exact) mass is 490 g/mol. The molecule has 0 saturated heterocycles. The van der Waals surface area contributed by atoms with Gasteiger partial charge < -0.3 is 20.7 Å². The fourth-order valence-electron chi connectivity index (χ4n) is 2.48. The molecule has 6 nitrogen and oxygen atoms in total. The van der Waals surface area contributed by atoms with Crippen LogP contribution in [-0.2, 0) is 11.2 Å². The summed E-state index contributed by atoms with van der Waals surface area (Å²) in [6.45, 7) is 10.1. The second kappa shape index (κ2) is 14.5. The summed E-state index contributed by atoms with van der Waals surface area (Å²) in [6.07, 6.45) is 2.16. The van der Waals surface area contributed by atoms with E-state index in [9.17, 15) is 4.79 Å². The molecule has 1 unspecified atom stereocenters. The van der Waals surface area contributed by atoms with Crippen LogP contribution in [-0.4, -0.2) is 44.7 Å². The summed E-state index contributed by atoms with van der Waals surface area (Å²) in [6, 6.07) is 6.40. The van der Waals surface area contributed by atoms with Crippen LogP contribution in [0.5, 0.6) is 5.75 Å². The molecule has 1 aromatic carbocycles. The number of ether oxygens (including phenoxy) is 1. The van der Waals surface area contributed by atoms with Gasteiger partial charge in [-0.3, -0.25) is 9.79 Å². The van der Waals surface area contributed by atoms with Crippen LogP contribution in [0.25, 0.3) is 0 Å². The van der Waals surface area contributed by atoms with E-state index in [1.165, 1.54) is 11.1 Å². The average molecular weight is 490 g/mol. The zero-order valence-corrected chi connectivity index (χ0v) is 19.6. The van der Waals surface area contributed by atoms with Gasteiger partial charge in [0.1, 0.15) is 5.75 Å². The van der Waals surface area contributed by atoms with Crippen molar-refractivity contribution in [1.29, 1.82) is 0 Å². The maximum atomic E-state index is 11.8. The number of nitrogens with zero attached hydrogens (tertiary/aromatic N) is 1. The summed E-state index contributed by atoms with van der Waals surface area (Å²) < 4.78 is 5.42. The number of aryl methyl sites for hydroxylation is 1. The van der Waals surface area contributed by atoms with E-state index in [-0.39, 0.29) is 35.9 Å². The zero-order chi connectivity index (χ0) is 19.4. The molecule has 0 aliphatic rings. The fraction of sp³-hybridized carbons (Fsp3) is 0.600. The lowest BCUT2D eigenvalue weighted by atomic mass is 10.1. The van der Waals surface area contributed by atoms with Gasteiger partial charge in [-0.05, 0) is 45.2 Å². The van der Waals surface area contributed by atoms with Crippen molar-refractivity contribution in [3.63, 3.8) is 0 Å². The van der Waals surface area contributed by atoms with Gasteiger partial charge in [0.25, 0.3) is 0 Å². The van der Waals surface area contributed by atoms with Crippen LogP contribution < -0.4 is 20.7 Å². The fourth-order valence-corrected chi connectivity index (χ4v) is 2.48. The Morgan fingerprint density at radius 2 is 2.00 bits per heavy atom. The summed E-state index contributed by atoms with van der Waals surface area (Å²) in [4.78, 5) is 16.3. The average Bonchev–Trinajstić information content (AvgIpc) is 2.61. The second-order valence-electron chi connectivity index (χ2n) is 6.38. The van der Waals surface area contributed by atoms with Gasteiger partial charge in [0.15, 0.2) is 5.96 Å². The third-order valence-corrected chi connectivity index (χ3v) is 4.10. The Balaban J connectivity index is 0.00000676. The van der Waals surface area contributed by atoms with Crippen molar-refractivity contribution in [1.82, 2.24) is 16.0 Å². The van der Waals surface area contributed by atoms with E-state index in [4.69, 9.17) is 4.74 Å². The van der Waals surface area contributed by atoms with Crippen molar-refractivity contribution in [3.05, 3.63) is 29.3 Å². The number of rotatable bonds is 10. The Morgan fingerprint density at radius 1 is 1.26 bits per heavy atom. The number of aliphatic imine (C=N–C) groups is 1. The Hall–Kier alpha value is -1.51. The van der Waals surface area contributed by atoms with Crippen molar-refractivity contribution >= 4 is 35.8 Å². The van der Waals surface area contributed by atoms with Crippen LogP contribution >= 0.6 is 24.0 Å². The predicted octanol–water partition coefficient (Wildman–Crippen LogP) is 3.02. The van der Waals surface area contributed by atoms with Crippen LogP contribution in [0, 0.1) is 6.92 Å². The number of carbonyl (C=O) groups is 1. The number of halogens is 1. The standard InChI is InChI=1S/C20H34N4O2.HI/c1-6-16(4)24-19(25)11-13-23-20(21-7-2)22-12-10-17-14-15(3)8-9-18(17)26-5;/h8-9,14,16H,6-7,10-13H2,1-5H3,(H,24,25)(H2,21,22,23);1H. The SMILES string of the molecule is CCNC(=NCCC(=O)NC(C)CC)NCCc1cc(C)ccc1OC.I. The smallest absolute Gasteiger partial charge is 0.222 e. The molecule has 0 saturated carbocycles. The Bertz CT molecular complexity index is 593. The van der Waals surface area contributed by atoms with Gasteiger partial charge in [-0.25, -0.2) is 0 Å². The van der Waals surface area contributed by atoms with Crippen LogP contribution in [0.15, 0.2) is 23.2 Å². The molecule has 0 aliphatic carbocycles. The van der Waals surface area contributed by atoms with Gasteiger partial charge in [0.2, 0.25) is 5.91 Å². The zero-order valence-electron chi connectivity index (χ0n) is 17.2. The molecule has 0 radical (unpaired) electrons. The second-order valence-corrected chi connectivity index (χ2v) is 6.38. The van der Waals surface area contributed by atoms with E-state index in [0.717, 1.165) is 37.6 Å². The quantitative estimate of drug-likeness (QED) is 0.268. The third kappa shape index (κ3) is 10.4. The Kier molecular flexibility index (Phi) is 13.7. The predicted molar refractivity (Wildman–Crippen MR) is 123 cm³/mol. The summed E-state index contributed by atoms with van der Waals surface area (Å²) in [5.74, 6) is 1.68. The maximum Gasteiger partial charge on any atom is 0.222 e. The van der Waals surface area contributed by atoms with Crippen molar-refractivity contribution < 1.29 is 9.53 Å². The molecule has 1 aromatic rings. The molecule has 0 spiro atoms. The van der Waals surface area contributed by atoms with Crippen molar-refractivity contribution in [2.75, 3.05) is 26.7 Å². The van der Waals surface area contributed by atoms with Gasteiger partial charge in [-0.2, -0.15) is 0 Å². The molecule has 1 amide bonds. The topological polar surface area (TPSA) is 74.8 Å². The molecule has 154 valence electrons. The normalized spacial score (nSPS) is 12.0. The molecule has 1 rings (SSSR count). The van der Waals surface area contributed by atoms with Crippen LogP contribution in [0.4, 0.5) is 0 Å². The molecular formula is C20H35IN4O2. The molecule has 3 N–H and O–H groups in total. The molecule has 1 atom stereocenters. The van der Waals surface area contributed by atoms with Crippen LogP contribution in [0.1, 0.15) is 44.7 Å². The van der Waals surface area contributed by atoms with E-state index in [1.807, 2.05) is 26.0 Å². The highest BCUT2D eigenvalue weighted by atomic mass is 127. The van der Waals surface area contributed by atoms with Gasteiger partial charge in [-0.1, -0.05) is 24.6 Å². The van der Waals surface area contributed by atoms with E-state index in [1.54, 1.807) is 7.11 Å². The van der Waals surface area contributed by atoms with E-state index < -0.39 is 0 Å². The van der Waals surface area contributed by atoms with Crippen molar-refractivity contribution in [3.8, 4) is 5.75 Å². The number of hydrogen-bond acceptors (Lipinski definition) is 3. The summed E-state index contributed by atoms with van der Waals surface area (Å²) in [5.41, 5.74) is 2.39. The lowest BCUT2D eigenvalue weighted by Gasteiger charge is -2.14. The molecule has 7 heteroatoms. The first kappa shape index (κ1) is 25.5. The summed E-state index contributed by atoms with van der Waals surface area (Å²) in [5, 5.41) is 9.48. The number of benzene rings is 1. The van der Waals surface area contributed by atoms with E-state index in [2.05, 4.69) is 40.9 Å². The number of guanidine groups is 1. The first-order valence-electron chi connectivity index (χ1n) is 9.45. The number of hydrogen-bond donors (Lipinski definition) is 3. The maximum absolute atomic E-state index is 11.8. The first-order valence-corrected chi connectivity index (χ1v) is 9.45. The van der Waals surface area contributed by atoms with Gasteiger partial charge >= 0.3 is 0 Å². The highest BCUT2D eigenvalue weighted by molar-refractivity contribution is 14.0. The molecule has 0 heterocycles. The largest absolute Gasteiger partial charge is 0.496 e. The Labute approximate surface area is 181 Å². The third-order valence-electron chi connectivity index (χ3n) is 4.10. The van der Waals surface area contributed by atoms with Gasteiger partial charge in [0.05, 0.1) is 13.7 Å². The minimum Gasteiger partial charge on any atom is -0.496 e. The van der Waals surface area contributed by atoms with Gasteiger partial charge in [-0.15, -0.1) is 24.0 Å². The summed E-state index contributed by atoms with van der Waals surface area (Å²) >= 11 is 0. The highest BCUT2D eigenvalue weighted by Crippen LogP contribution is 2.19.